The Kier molecular flexibility index (Phi) is 6.04. The summed E-state index contributed by atoms with van der Waals surface area (Å²) < 4.78 is 20.0. The highest BCUT2D eigenvalue weighted by atomic mass is 79.9. The van der Waals surface area contributed by atoms with Gasteiger partial charge in [-0.15, -0.1) is 0 Å². The van der Waals surface area contributed by atoms with E-state index in [1.807, 2.05) is 0 Å². The van der Waals surface area contributed by atoms with E-state index in [-0.39, 0.29) is 27.7 Å². The molecule has 2 N–H and O–H groups in total. The summed E-state index contributed by atoms with van der Waals surface area (Å²) in [7, 11) is 0. The van der Waals surface area contributed by atoms with Gasteiger partial charge >= 0.3 is 5.97 Å². The van der Waals surface area contributed by atoms with Gasteiger partial charge in [-0.1, -0.05) is 28.1 Å². The first kappa shape index (κ1) is 20.6. The molecule has 7 nitrogen and oxygen atoms in total. The molecule has 0 radical (unpaired) electrons. The fraction of sp³-hybridized carbons (Fsp3) is 0.0526. The van der Waals surface area contributed by atoms with Crippen LogP contribution in [0.1, 0.15) is 5.56 Å². The van der Waals surface area contributed by atoms with Crippen LogP contribution in [-0.2, 0) is 14.4 Å². The lowest BCUT2D eigenvalue weighted by Crippen LogP contribution is -2.54. The molecule has 1 saturated heterocycles. The third-order valence-corrected chi connectivity index (χ3v) is 4.60. The lowest BCUT2D eigenvalue weighted by Gasteiger charge is -2.29. The van der Waals surface area contributed by atoms with E-state index in [1.165, 1.54) is 30.3 Å². The first-order chi connectivity index (χ1) is 13.8. The van der Waals surface area contributed by atoms with Crippen LogP contribution < -0.4 is 15.0 Å². The molecule has 1 fully saturated rings. The lowest BCUT2D eigenvalue weighted by molar-refractivity contribution is -0.139. The summed E-state index contributed by atoms with van der Waals surface area (Å²) in [5.74, 6) is -3.32. The number of carboxylic acid groups (broad SMARTS) is 1. The van der Waals surface area contributed by atoms with Crippen molar-refractivity contribution in [3.05, 3.63) is 63.9 Å². The first-order valence-corrected chi connectivity index (χ1v) is 9.28. The molecule has 2 amide bonds. The van der Waals surface area contributed by atoms with E-state index >= 15 is 0 Å². The van der Waals surface area contributed by atoms with Crippen LogP contribution in [0, 0.1) is 5.82 Å². The molecule has 0 spiro atoms. The monoisotopic (exact) mass is 478 g/mol. The SMILES string of the molecule is O=C(O)COc1ccc(Br)cc1/C=C1\C(=O)NC(=S)N(c2ccccc2F)C1=O. The van der Waals surface area contributed by atoms with Gasteiger partial charge in [-0.2, -0.15) is 0 Å². The highest BCUT2D eigenvalue weighted by Gasteiger charge is 2.35. The van der Waals surface area contributed by atoms with Crippen LogP contribution in [0.4, 0.5) is 10.1 Å². The fourth-order valence-corrected chi connectivity index (χ4v) is 3.22. The van der Waals surface area contributed by atoms with E-state index < -0.39 is 30.2 Å². The van der Waals surface area contributed by atoms with Crippen molar-refractivity contribution >= 4 is 62.8 Å². The van der Waals surface area contributed by atoms with Crippen molar-refractivity contribution in [1.29, 1.82) is 0 Å². The van der Waals surface area contributed by atoms with Crippen molar-refractivity contribution in [3.8, 4) is 5.75 Å². The van der Waals surface area contributed by atoms with Crippen LogP contribution in [0.2, 0.25) is 0 Å². The van der Waals surface area contributed by atoms with Crippen molar-refractivity contribution in [1.82, 2.24) is 5.32 Å². The van der Waals surface area contributed by atoms with Gasteiger partial charge in [0.25, 0.3) is 11.8 Å². The smallest absolute Gasteiger partial charge is 0.341 e. The number of carbonyl (C=O) groups excluding carboxylic acids is 2. The summed E-state index contributed by atoms with van der Waals surface area (Å²) in [6.45, 7) is -0.608. The minimum atomic E-state index is -1.19. The van der Waals surface area contributed by atoms with Crippen LogP contribution in [0.5, 0.6) is 5.75 Å². The fourth-order valence-electron chi connectivity index (χ4n) is 2.57. The zero-order valence-electron chi connectivity index (χ0n) is 14.5. The molecular formula is C19H12BrFN2O5S. The predicted octanol–water partition coefficient (Wildman–Crippen LogP) is 2.88. The lowest BCUT2D eigenvalue weighted by atomic mass is 10.1. The normalized spacial score (nSPS) is 15.4. The quantitative estimate of drug-likeness (QED) is 0.389. The van der Waals surface area contributed by atoms with E-state index in [2.05, 4.69) is 21.2 Å². The molecule has 1 heterocycles. The van der Waals surface area contributed by atoms with Crippen LogP contribution in [0.25, 0.3) is 6.08 Å². The molecule has 0 aliphatic carbocycles. The second-order valence-electron chi connectivity index (χ2n) is 5.77. The number of carboxylic acids is 1. The highest BCUT2D eigenvalue weighted by molar-refractivity contribution is 9.10. The Morgan fingerprint density at radius 2 is 2.00 bits per heavy atom. The molecule has 0 unspecified atom stereocenters. The van der Waals surface area contributed by atoms with Crippen LogP contribution >= 0.6 is 28.1 Å². The third-order valence-electron chi connectivity index (χ3n) is 3.82. The summed E-state index contributed by atoms with van der Waals surface area (Å²) in [5, 5.41) is 10.9. The molecule has 3 rings (SSSR count). The Hall–Kier alpha value is -3.11. The molecular weight excluding hydrogens is 467 g/mol. The van der Waals surface area contributed by atoms with E-state index in [4.69, 9.17) is 22.1 Å². The van der Waals surface area contributed by atoms with E-state index in [9.17, 15) is 18.8 Å². The zero-order chi connectivity index (χ0) is 21.1. The van der Waals surface area contributed by atoms with Crippen LogP contribution in [0.3, 0.4) is 0 Å². The maximum atomic E-state index is 14.2. The summed E-state index contributed by atoms with van der Waals surface area (Å²) in [6, 6.07) is 10.2. The third kappa shape index (κ3) is 4.49. The molecule has 0 aromatic heterocycles. The molecule has 0 saturated carbocycles. The van der Waals surface area contributed by atoms with Gasteiger partial charge in [0.1, 0.15) is 17.1 Å². The molecule has 1 aliphatic rings. The van der Waals surface area contributed by atoms with Gasteiger partial charge in [-0.3, -0.25) is 14.9 Å². The molecule has 0 atom stereocenters. The van der Waals surface area contributed by atoms with E-state index in [0.29, 0.717) is 4.47 Å². The van der Waals surface area contributed by atoms with Gasteiger partial charge in [-0.05, 0) is 48.6 Å². The first-order valence-electron chi connectivity index (χ1n) is 8.08. The largest absolute Gasteiger partial charge is 0.481 e. The molecule has 2 aromatic rings. The van der Waals surface area contributed by atoms with Crippen LogP contribution in [0.15, 0.2) is 52.5 Å². The number of aliphatic carboxylic acids is 1. The number of rotatable bonds is 5. The average Bonchev–Trinajstić information content (AvgIpc) is 2.65. The molecule has 0 bridgehead atoms. The van der Waals surface area contributed by atoms with Gasteiger partial charge in [0.2, 0.25) is 0 Å². The summed E-state index contributed by atoms with van der Waals surface area (Å²) in [5.41, 5.74) is -0.148. The average molecular weight is 479 g/mol. The second-order valence-corrected chi connectivity index (χ2v) is 7.08. The molecule has 2 aromatic carbocycles. The number of thiocarbonyl (C=S) groups is 1. The Morgan fingerprint density at radius 3 is 2.69 bits per heavy atom. The number of nitrogens with zero attached hydrogens (tertiary/aromatic N) is 1. The number of hydrogen-bond donors (Lipinski definition) is 2. The van der Waals surface area contributed by atoms with Gasteiger partial charge in [0, 0.05) is 10.0 Å². The highest BCUT2D eigenvalue weighted by Crippen LogP contribution is 2.28. The molecule has 1 aliphatic heterocycles. The van der Waals surface area contributed by atoms with E-state index in [1.54, 1.807) is 12.1 Å². The Labute approximate surface area is 177 Å². The Bertz CT molecular complexity index is 1070. The van der Waals surface area contributed by atoms with Gasteiger partial charge in [0.05, 0.1) is 5.69 Å². The van der Waals surface area contributed by atoms with Crippen molar-refractivity contribution in [2.24, 2.45) is 0 Å². The van der Waals surface area contributed by atoms with Crippen molar-refractivity contribution in [2.45, 2.75) is 0 Å². The predicted molar refractivity (Wildman–Crippen MR) is 110 cm³/mol. The number of halogens is 2. The van der Waals surface area contributed by atoms with E-state index in [0.717, 1.165) is 11.0 Å². The number of anilines is 1. The summed E-state index contributed by atoms with van der Waals surface area (Å²) in [6.07, 6.45) is 1.23. The summed E-state index contributed by atoms with van der Waals surface area (Å²) in [4.78, 5) is 37.0. The second kappa shape index (κ2) is 8.50. The Morgan fingerprint density at radius 1 is 1.28 bits per heavy atom. The number of ether oxygens (including phenoxy) is 1. The van der Waals surface area contributed by atoms with Crippen LogP contribution in [-0.4, -0.2) is 34.6 Å². The number of hydrogen-bond acceptors (Lipinski definition) is 5. The standard InChI is InChI=1S/C19H12BrFN2O5S/c20-11-5-6-15(28-9-16(24)25)10(7-11)8-12-17(26)22-19(29)23(18(12)27)14-4-2-1-3-13(14)21/h1-8H,9H2,(H,24,25)(H,22,26,29)/b12-8+. The number of carbonyl (C=O) groups is 3. The number of nitrogens with one attached hydrogen (secondary N) is 1. The molecule has 10 heteroatoms. The van der Waals surface area contributed by atoms with Crippen molar-refractivity contribution < 1.29 is 28.6 Å². The van der Waals surface area contributed by atoms with Gasteiger partial charge in [0.15, 0.2) is 11.7 Å². The summed E-state index contributed by atoms with van der Waals surface area (Å²) >= 11 is 8.31. The maximum Gasteiger partial charge on any atom is 0.341 e. The Balaban J connectivity index is 2.04. The van der Waals surface area contributed by atoms with Gasteiger partial charge in [-0.25, -0.2) is 14.1 Å². The topological polar surface area (TPSA) is 95.9 Å². The molecule has 148 valence electrons. The molecule has 29 heavy (non-hydrogen) atoms. The maximum absolute atomic E-state index is 14.2. The van der Waals surface area contributed by atoms with Crippen molar-refractivity contribution in [2.75, 3.05) is 11.5 Å². The minimum Gasteiger partial charge on any atom is -0.481 e. The zero-order valence-corrected chi connectivity index (χ0v) is 16.9. The minimum absolute atomic E-state index is 0.106. The number of amides is 2. The van der Waals surface area contributed by atoms with Gasteiger partial charge < -0.3 is 9.84 Å². The van der Waals surface area contributed by atoms with Crippen molar-refractivity contribution in [3.63, 3.8) is 0 Å². The number of para-hydroxylation sites is 1. The number of benzene rings is 2.